The van der Waals surface area contributed by atoms with Gasteiger partial charge in [-0.1, -0.05) is 11.6 Å². The molecule has 0 aromatic carbocycles. The van der Waals surface area contributed by atoms with Gasteiger partial charge in [0, 0.05) is 20.0 Å². The highest BCUT2D eigenvalue weighted by Crippen LogP contribution is 2.08. The minimum Gasteiger partial charge on any atom is -0.349 e. The van der Waals surface area contributed by atoms with Crippen LogP contribution >= 0.6 is 0 Å². The topological polar surface area (TPSA) is 32.3 Å². The van der Waals surface area contributed by atoms with Crippen LogP contribution in [0.5, 0.6) is 0 Å². The lowest BCUT2D eigenvalue weighted by molar-refractivity contribution is -0.119. The van der Waals surface area contributed by atoms with E-state index in [0.29, 0.717) is 0 Å². The van der Waals surface area contributed by atoms with Crippen molar-refractivity contribution in [1.82, 2.24) is 10.2 Å². The van der Waals surface area contributed by atoms with Crippen molar-refractivity contribution in [2.75, 3.05) is 20.1 Å². The Hall–Kier alpha value is -0.830. The molecule has 0 fully saturated rings. The van der Waals surface area contributed by atoms with Crippen molar-refractivity contribution < 1.29 is 4.79 Å². The van der Waals surface area contributed by atoms with E-state index >= 15 is 0 Å². The molecule has 1 aliphatic rings. The Morgan fingerprint density at radius 3 is 3.00 bits per heavy atom. The van der Waals surface area contributed by atoms with Crippen LogP contribution in [0.1, 0.15) is 13.8 Å². The molecule has 1 amide bonds. The van der Waals surface area contributed by atoms with E-state index in [4.69, 9.17) is 0 Å². The van der Waals surface area contributed by atoms with Crippen molar-refractivity contribution in [1.29, 1.82) is 0 Å². The van der Waals surface area contributed by atoms with Gasteiger partial charge in [0.15, 0.2) is 0 Å². The molecule has 1 unspecified atom stereocenters. The molecule has 1 heterocycles. The summed E-state index contributed by atoms with van der Waals surface area (Å²) in [4.78, 5) is 13.0. The van der Waals surface area contributed by atoms with Crippen LogP contribution in [-0.4, -0.2) is 37.0 Å². The first-order valence-electron chi connectivity index (χ1n) is 4.22. The van der Waals surface area contributed by atoms with Gasteiger partial charge in [-0.05, 0) is 14.0 Å². The average molecular weight is 168 g/mol. The predicted molar refractivity (Wildman–Crippen MR) is 48.9 cm³/mol. The molecule has 3 nitrogen and oxygen atoms in total. The SMILES string of the molecule is CC(=O)NC1CN(C)CC=C1C. The molecule has 0 aliphatic carbocycles. The van der Waals surface area contributed by atoms with E-state index in [2.05, 4.69) is 30.3 Å². The van der Waals surface area contributed by atoms with E-state index < -0.39 is 0 Å². The Balaban J connectivity index is 2.57. The molecule has 1 N–H and O–H groups in total. The number of carbonyl (C=O) groups excluding carboxylic acids is 1. The predicted octanol–water partition coefficient (Wildman–Crippen LogP) is 0.383. The largest absolute Gasteiger partial charge is 0.349 e. The van der Waals surface area contributed by atoms with Gasteiger partial charge in [-0.15, -0.1) is 0 Å². The molecule has 0 saturated carbocycles. The maximum atomic E-state index is 10.8. The lowest BCUT2D eigenvalue weighted by atomic mass is 10.0. The fourth-order valence-corrected chi connectivity index (χ4v) is 1.38. The number of likely N-dealkylation sites (N-methyl/N-ethyl adjacent to an activating group) is 1. The zero-order valence-corrected chi connectivity index (χ0v) is 7.92. The fraction of sp³-hybridized carbons (Fsp3) is 0.667. The second-order valence-electron chi connectivity index (χ2n) is 3.42. The van der Waals surface area contributed by atoms with Crippen LogP contribution in [0.15, 0.2) is 11.6 Å². The minimum atomic E-state index is 0.0445. The van der Waals surface area contributed by atoms with Crippen LogP contribution in [0.2, 0.25) is 0 Å². The quantitative estimate of drug-likeness (QED) is 0.574. The van der Waals surface area contributed by atoms with E-state index in [1.165, 1.54) is 5.57 Å². The van der Waals surface area contributed by atoms with Crippen molar-refractivity contribution in [3.05, 3.63) is 11.6 Å². The van der Waals surface area contributed by atoms with Gasteiger partial charge in [-0.25, -0.2) is 0 Å². The lowest BCUT2D eigenvalue weighted by Crippen LogP contribution is -2.45. The monoisotopic (exact) mass is 168 g/mol. The number of nitrogens with one attached hydrogen (secondary N) is 1. The van der Waals surface area contributed by atoms with Crippen LogP contribution in [0.25, 0.3) is 0 Å². The molecule has 0 aromatic heterocycles. The van der Waals surface area contributed by atoms with Gasteiger partial charge in [0.1, 0.15) is 0 Å². The fourth-order valence-electron chi connectivity index (χ4n) is 1.38. The van der Waals surface area contributed by atoms with Gasteiger partial charge in [0.2, 0.25) is 5.91 Å². The molecule has 1 aliphatic heterocycles. The smallest absolute Gasteiger partial charge is 0.217 e. The molecule has 12 heavy (non-hydrogen) atoms. The Morgan fingerprint density at radius 2 is 2.42 bits per heavy atom. The van der Waals surface area contributed by atoms with Crippen molar-refractivity contribution in [3.63, 3.8) is 0 Å². The van der Waals surface area contributed by atoms with Crippen LogP contribution in [0.4, 0.5) is 0 Å². The summed E-state index contributed by atoms with van der Waals surface area (Å²) in [5.74, 6) is 0.0445. The van der Waals surface area contributed by atoms with Gasteiger partial charge in [-0.2, -0.15) is 0 Å². The number of rotatable bonds is 1. The van der Waals surface area contributed by atoms with Crippen LogP contribution in [0.3, 0.4) is 0 Å². The molecule has 0 spiro atoms. The number of carbonyl (C=O) groups is 1. The van der Waals surface area contributed by atoms with E-state index in [1.807, 2.05) is 0 Å². The molecule has 0 bridgehead atoms. The number of hydrogen-bond acceptors (Lipinski definition) is 2. The first-order valence-corrected chi connectivity index (χ1v) is 4.22. The van der Waals surface area contributed by atoms with Crippen molar-refractivity contribution >= 4 is 5.91 Å². The maximum absolute atomic E-state index is 10.8. The van der Waals surface area contributed by atoms with E-state index in [1.54, 1.807) is 6.92 Å². The van der Waals surface area contributed by atoms with Gasteiger partial charge < -0.3 is 10.2 Å². The number of amides is 1. The Kier molecular flexibility index (Phi) is 2.87. The van der Waals surface area contributed by atoms with Crippen molar-refractivity contribution in [2.24, 2.45) is 0 Å². The third kappa shape index (κ3) is 2.34. The number of nitrogens with zero attached hydrogens (tertiary/aromatic N) is 1. The van der Waals surface area contributed by atoms with Crippen LogP contribution < -0.4 is 5.32 Å². The van der Waals surface area contributed by atoms with Gasteiger partial charge in [-0.3, -0.25) is 4.79 Å². The van der Waals surface area contributed by atoms with Crippen LogP contribution in [-0.2, 0) is 4.79 Å². The van der Waals surface area contributed by atoms with Crippen molar-refractivity contribution in [3.8, 4) is 0 Å². The summed E-state index contributed by atoms with van der Waals surface area (Å²) in [6.07, 6.45) is 2.16. The Labute approximate surface area is 73.4 Å². The summed E-state index contributed by atoms with van der Waals surface area (Å²) < 4.78 is 0. The molecule has 0 aromatic rings. The molecule has 0 radical (unpaired) electrons. The summed E-state index contributed by atoms with van der Waals surface area (Å²) in [7, 11) is 2.05. The first-order chi connectivity index (χ1) is 5.59. The Bertz CT molecular complexity index is 211. The lowest BCUT2D eigenvalue weighted by Gasteiger charge is -2.29. The van der Waals surface area contributed by atoms with Crippen molar-refractivity contribution in [2.45, 2.75) is 19.9 Å². The van der Waals surface area contributed by atoms with E-state index in [9.17, 15) is 4.79 Å². The molecule has 68 valence electrons. The number of hydrogen-bond donors (Lipinski definition) is 1. The molecule has 0 saturated heterocycles. The highest BCUT2D eigenvalue weighted by Gasteiger charge is 2.17. The van der Waals surface area contributed by atoms with Gasteiger partial charge >= 0.3 is 0 Å². The van der Waals surface area contributed by atoms with Crippen LogP contribution in [0, 0.1) is 0 Å². The second-order valence-corrected chi connectivity index (χ2v) is 3.42. The summed E-state index contributed by atoms with van der Waals surface area (Å²) in [6.45, 7) is 5.53. The third-order valence-corrected chi connectivity index (χ3v) is 2.15. The molecule has 1 rings (SSSR count). The zero-order valence-electron chi connectivity index (χ0n) is 7.92. The molecule has 1 atom stereocenters. The Morgan fingerprint density at radius 1 is 1.75 bits per heavy atom. The third-order valence-electron chi connectivity index (χ3n) is 2.15. The summed E-state index contributed by atoms with van der Waals surface area (Å²) >= 11 is 0. The second kappa shape index (κ2) is 3.72. The van der Waals surface area contributed by atoms with Gasteiger partial charge in [0.05, 0.1) is 6.04 Å². The highest BCUT2D eigenvalue weighted by molar-refractivity contribution is 5.73. The molecule has 3 heteroatoms. The molecular weight excluding hydrogens is 152 g/mol. The first kappa shape index (κ1) is 9.26. The summed E-state index contributed by atoms with van der Waals surface area (Å²) in [5.41, 5.74) is 1.27. The maximum Gasteiger partial charge on any atom is 0.217 e. The van der Waals surface area contributed by atoms with Gasteiger partial charge in [0.25, 0.3) is 0 Å². The summed E-state index contributed by atoms with van der Waals surface area (Å²) in [6, 6.07) is 0.209. The standard InChI is InChI=1S/C9H16N2O/c1-7-4-5-11(3)6-9(7)10-8(2)12/h4,9H,5-6H2,1-3H3,(H,10,12). The average Bonchev–Trinajstić information content (AvgIpc) is 1.96. The minimum absolute atomic E-state index is 0.0445. The normalized spacial score (nSPS) is 24.9. The van der Waals surface area contributed by atoms with E-state index in [-0.39, 0.29) is 11.9 Å². The zero-order chi connectivity index (χ0) is 9.14. The van der Waals surface area contributed by atoms with E-state index in [0.717, 1.165) is 13.1 Å². The molecular formula is C9H16N2O. The highest BCUT2D eigenvalue weighted by atomic mass is 16.1. The summed E-state index contributed by atoms with van der Waals surface area (Å²) in [5, 5.41) is 2.91.